The molecule has 0 saturated heterocycles. The van der Waals surface area contributed by atoms with Crippen molar-refractivity contribution >= 4 is 5.91 Å². The van der Waals surface area contributed by atoms with Crippen molar-refractivity contribution in [1.29, 1.82) is 0 Å². The highest BCUT2D eigenvalue weighted by molar-refractivity contribution is 5.79. The first-order valence-corrected chi connectivity index (χ1v) is 5.71. The van der Waals surface area contributed by atoms with Crippen LogP contribution in [-0.2, 0) is 11.2 Å². The summed E-state index contributed by atoms with van der Waals surface area (Å²) in [6.45, 7) is 3.76. The maximum absolute atomic E-state index is 11.7. The van der Waals surface area contributed by atoms with Gasteiger partial charge >= 0.3 is 0 Å². The monoisotopic (exact) mass is 237 g/mol. The maximum atomic E-state index is 11.7. The second-order valence-electron chi connectivity index (χ2n) is 4.32. The van der Waals surface area contributed by atoms with E-state index in [1.165, 1.54) is 0 Å². The number of amides is 1. The van der Waals surface area contributed by atoms with Crippen LogP contribution in [0.15, 0.2) is 24.3 Å². The topological polar surface area (TPSA) is 69.6 Å². The Morgan fingerprint density at radius 2 is 2.00 bits per heavy atom. The second-order valence-corrected chi connectivity index (χ2v) is 4.32. The highest BCUT2D eigenvalue weighted by atomic mass is 16.3. The molecule has 1 aromatic carbocycles. The van der Waals surface area contributed by atoms with E-state index in [9.17, 15) is 9.90 Å². The van der Waals surface area contributed by atoms with Crippen molar-refractivity contribution in [3.05, 3.63) is 29.8 Å². The Hall–Kier alpha value is -1.55. The molecule has 0 aliphatic carbocycles. The molecule has 0 spiro atoms. The molecule has 0 fully saturated rings. The summed E-state index contributed by atoms with van der Waals surface area (Å²) in [6, 6.07) is 6.69. The number of para-hydroxylation sites is 1. The molecule has 4 heteroatoms. The van der Waals surface area contributed by atoms with Gasteiger partial charge in [0.05, 0.1) is 6.42 Å². The first kappa shape index (κ1) is 13.5. The average molecular weight is 237 g/mol. The summed E-state index contributed by atoms with van der Waals surface area (Å²) in [5.74, 6) is -0.00636. The molecule has 0 bridgehead atoms. The predicted molar refractivity (Wildman–Crippen MR) is 65.7 cm³/mol. The van der Waals surface area contributed by atoms with Crippen LogP contribution in [0, 0.1) is 5.92 Å². The zero-order valence-electron chi connectivity index (χ0n) is 10.2. The molecule has 0 radical (unpaired) electrons. The lowest BCUT2D eigenvalue weighted by Crippen LogP contribution is -2.39. The second kappa shape index (κ2) is 6.25. The quantitative estimate of drug-likeness (QED) is 0.717. The van der Waals surface area contributed by atoms with Crippen molar-refractivity contribution in [3.63, 3.8) is 0 Å². The number of aromatic hydroxyl groups is 1. The number of phenols is 1. The fourth-order valence-electron chi connectivity index (χ4n) is 1.44. The molecule has 0 aliphatic rings. The van der Waals surface area contributed by atoms with Gasteiger partial charge in [-0.3, -0.25) is 4.79 Å². The summed E-state index contributed by atoms with van der Waals surface area (Å²) in [6.07, 6.45) is 0.148. The summed E-state index contributed by atoms with van der Waals surface area (Å²) in [7, 11) is 0. The van der Waals surface area contributed by atoms with E-state index in [4.69, 9.17) is 5.11 Å². The predicted octanol–water partition coefficient (Wildman–Crippen LogP) is 1.07. The third kappa shape index (κ3) is 4.07. The van der Waals surface area contributed by atoms with Crippen molar-refractivity contribution in [3.8, 4) is 5.75 Å². The average Bonchev–Trinajstić information content (AvgIpc) is 2.31. The normalized spacial score (nSPS) is 14.1. The lowest BCUT2D eigenvalue weighted by molar-refractivity contribution is -0.121. The van der Waals surface area contributed by atoms with Crippen LogP contribution < -0.4 is 5.32 Å². The van der Waals surface area contributed by atoms with Crippen LogP contribution in [0.2, 0.25) is 0 Å². The third-order valence-corrected chi connectivity index (χ3v) is 2.87. The van der Waals surface area contributed by atoms with Gasteiger partial charge in [0.2, 0.25) is 5.91 Å². The summed E-state index contributed by atoms with van der Waals surface area (Å²) in [5, 5.41) is 21.3. The van der Waals surface area contributed by atoms with Crippen LogP contribution in [0.1, 0.15) is 19.4 Å². The highest BCUT2D eigenvalue weighted by Gasteiger charge is 2.14. The SMILES string of the molecule is CC(CO)C(C)NC(=O)Cc1ccccc1O. The highest BCUT2D eigenvalue weighted by Crippen LogP contribution is 2.16. The van der Waals surface area contributed by atoms with E-state index < -0.39 is 0 Å². The maximum Gasteiger partial charge on any atom is 0.224 e. The van der Waals surface area contributed by atoms with Crippen LogP contribution in [0.25, 0.3) is 0 Å². The van der Waals surface area contributed by atoms with Crippen LogP contribution in [0.4, 0.5) is 0 Å². The van der Waals surface area contributed by atoms with E-state index in [1.54, 1.807) is 24.3 Å². The van der Waals surface area contributed by atoms with E-state index >= 15 is 0 Å². The van der Waals surface area contributed by atoms with E-state index in [-0.39, 0.29) is 36.6 Å². The Kier molecular flexibility index (Phi) is 4.97. The van der Waals surface area contributed by atoms with Gasteiger partial charge in [0.25, 0.3) is 0 Å². The van der Waals surface area contributed by atoms with Crippen LogP contribution >= 0.6 is 0 Å². The number of aliphatic hydroxyl groups excluding tert-OH is 1. The number of benzene rings is 1. The Morgan fingerprint density at radius 3 is 2.59 bits per heavy atom. The Labute approximate surface area is 101 Å². The molecule has 4 nitrogen and oxygen atoms in total. The Balaban J connectivity index is 2.53. The minimum absolute atomic E-state index is 0.0170. The Morgan fingerprint density at radius 1 is 1.35 bits per heavy atom. The molecule has 2 unspecified atom stereocenters. The molecule has 1 amide bonds. The number of carbonyl (C=O) groups is 1. The minimum atomic E-state index is -0.153. The van der Waals surface area contributed by atoms with Crippen LogP contribution in [0.5, 0.6) is 5.75 Å². The van der Waals surface area contributed by atoms with Crippen LogP contribution in [-0.4, -0.2) is 28.8 Å². The van der Waals surface area contributed by atoms with Crippen molar-refractivity contribution in [2.45, 2.75) is 26.3 Å². The first-order valence-electron chi connectivity index (χ1n) is 5.71. The molecule has 17 heavy (non-hydrogen) atoms. The summed E-state index contributed by atoms with van der Waals surface area (Å²) in [5.41, 5.74) is 0.605. The fraction of sp³-hybridized carbons (Fsp3) is 0.462. The van der Waals surface area contributed by atoms with Gasteiger partial charge in [0.15, 0.2) is 0 Å². The standard InChI is InChI=1S/C13H19NO3/c1-9(8-15)10(2)14-13(17)7-11-5-3-4-6-12(11)16/h3-6,9-10,15-16H,7-8H2,1-2H3,(H,14,17). The number of aliphatic hydroxyl groups is 1. The molecule has 1 rings (SSSR count). The van der Waals surface area contributed by atoms with E-state index in [1.807, 2.05) is 13.8 Å². The lowest BCUT2D eigenvalue weighted by atomic mass is 10.0. The number of rotatable bonds is 5. The van der Waals surface area contributed by atoms with Crippen molar-refractivity contribution in [2.75, 3.05) is 6.61 Å². The van der Waals surface area contributed by atoms with Crippen LogP contribution in [0.3, 0.4) is 0 Å². The van der Waals surface area contributed by atoms with Gasteiger partial charge in [0, 0.05) is 18.2 Å². The molecule has 3 N–H and O–H groups in total. The molecule has 0 aliphatic heterocycles. The summed E-state index contributed by atoms with van der Waals surface area (Å²) < 4.78 is 0. The van der Waals surface area contributed by atoms with Gasteiger partial charge in [-0.15, -0.1) is 0 Å². The molecular weight excluding hydrogens is 218 g/mol. The molecular formula is C13H19NO3. The van der Waals surface area contributed by atoms with E-state index in [2.05, 4.69) is 5.32 Å². The van der Waals surface area contributed by atoms with Crippen molar-refractivity contribution < 1.29 is 15.0 Å². The zero-order chi connectivity index (χ0) is 12.8. The number of phenolic OH excluding ortho intramolecular Hbond substituents is 1. The lowest BCUT2D eigenvalue weighted by Gasteiger charge is -2.19. The van der Waals surface area contributed by atoms with Gasteiger partial charge in [-0.05, 0) is 18.9 Å². The van der Waals surface area contributed by atoms with Crippen molar-refractivity contribution in [1.82, 2.24) is 5.32 Å². The van der Waals surface area contributed by atoms with Gasteiger partial charge < -0.3 is 15.5 Å². The van der Waals surface area contributed by atoms with Gasteiger partial charge in [-0.25, -0.2) is 0 Å². The number of hydrogen-bond acceptors (Lipinski definition) is 3. The molecule has 94 valence electrons. The largest absolute Gasteiger partial charge is 0.508 e. The molecule has 2 atom stereocenters. The molecule has 0 aromatic heterocycles. The molecule has 0 heterocycles. The summed E-state index contributed by atoms with van der Waals surface area (Å²) >= 11 is 0. The van der Waals surface area contributed by atoms with Gasteiger partial charge in [-0.1, -0.05) is 25.1 Å². The van der Waals surface area contributed by atoms with Crippen molar-refractivity contribution in [2.24, 2.45) is 5.92 Å². The van der Waals surface area contributed by atoms with Gasteiger partial charge in [-0.2, -0.15) is 0 Å². The van der Waals surface area contributed by atoms with E-state index in [0.717, 1.165) is 0 Å². The third-order valence-electron chi connectivity index (χ3n) is 2.87. The zero-order valence-corrected chi connectivity index (χ0v) is 10.2. The number of carbonyl (C=O) groups excluding carboxylic acids is 1. The first-order chi connectivity index (χ1) is 8.04. The number of nitrogens with one attached hydrogen (secondary N) is 1. The van der Waals surface area contributed by atoms with Gasteiger partial charge in [0.1, 0.15) is 5.75 Å². The molecule has 0 saturated carbocycles. The number of hydrogen-bond donors (Lipinski definition) is 3. The Bertz CT molecular complexity index is 379. The summed E-state index contributed by atoms with van der Waals surface area (Å²) in [4.78, 5) is 11.7. The fourth-order valence-corrected chi connectivity index (χ4v) is 1.44. The minimum Gasteiger partial charge on any atom is -0.508 e. The van der Waals surface area contributed by atoms with E-state index in [0.29, 0.717) is 5.56 Å². The molecule has 1 aromatic rings. The smallest absolute Gasteiger partial charge is 0.224 e.